The summed E-state index contributed by atoms with van der Waals surface area (Å²) in [6, 6.07) is 6.48. The number of benzene rings is 1. The van der Waals surface area contributed by atoms with Gasteiger partial charge in [0.25, 0.3) is 5.91 Å². The first-order valence-electron chi connectivity index (χ1n) is 9.10. The van der Waals surface area contributed by atoms with Crippen molar-refractivity contribution in [1.82, 2.24) is 25.1 Å². The first kappa shape index (κ1) is 21.8. The summed E-state index contributed by atoms with van der Waals surface area (Å²) in [7, 11) is 3.38. The highest BCUT2D eigenvalue weighted by Crippen LogP contribution is 2.25. The van der Waals surface area contributed by atoms with Crippen LogP contribution in [0.15, 0.2) is 41.0 Å². The van der Waals surface area contributed by atoms with E-state index in [-0.39, 0.29) is 17.9 Å². The van der Waals surface area contributed by atoms with Crippen molar-refractivity contribution < 1.29 is 14.3 Å². The molecule has 2 aromatic heterocycles. The van der Waals surface area contributed by atoms with Crippen molar-refractivity contribution in [3.63, 3.8) is 0 Å². The predicted molar refractivity (Wildman–Crippen MR) is 116 cm³/mol. The lowest BCUT2D eigenvalue weighted by molar-refractivity contribution is -0.115. The second-order valence-electron chi connectivity index (χ2n) is 6.41. The second-order valence-corrected chi connectivity index (χ2v) is 8.61. The van der Waals surface area contributed by atoms with Gasteiger partial charge in [-0.25, -0.2) is 4.98 Å². The fourth-order valence-electron chi connectivity index (χ4n) is 2.60. The Labute approximate surface area is 182 Å². The Balaban J connectivity index is 1.61. The van der Waals surface area contributed by atoms with Crippen molar-refractivity contribution in [1.29, 1.82) is 0 Å². The van der Waals surface area contributed by atoms with Crippen LogP contribution in [0.25, 0.3) is 0 Å². The minimum Gasteiger partial charge on any atom is -0.497 e. The molecule has 0 fully saturated rings. The van der Waals surface area contributed by atoms with Crippen LogP contribution in [-0.4, -0.2) is 43.9 Å². The summed E-state index contributed by atoms with van der Waals surface area (Å²) in [5, 5.41) is 16.6. The molecule has 11 heteroatoms. The number of hydrogen-bond acceptors (Lipinski definition) is 8. The van der Waals surface area contributed by atoms with E-state index in [1.165, 1.54) is 23.1 Å². The number of amides is 2. The van der Waals surface area contributed by atoms with Crippen LogP contribution < -0.4 is 15.4 Å². The molecule has 0 saturated carbocycles. The van der Waals surface area contributed by atoms with E-state index in [0.29, 0.717) is 27.4 Å². The fourth-order valence-corrected chi connectivity index (χ4v) is 3.95. The largest absolute Gasteiger partial charge is 0.497 e. The quantitative estimate of drug-likeness (QED) is 0.512. The van der Waals surface area contributed by atoms with E-state index in [9.17, 15) is 9.59 Å². The highest BCUT2D eigenvalue weighted by atomic mass is 32.2. The maximum Gasteiger partial charge on any atom is 0.251 e. The van der Waals surface area contributed by atoms with E-state index >= 15 is 0 Å². The van der Waals surface area contributed by atoms with Gasteiger partial charge >= 0.3 is 0 Å². The molecule has 2 heterocycles. The van der Waals surface area contributed by atoms with Crippen molar-refractivity contribution in [3.05, 3.63) is 47.2 Å². The molecule has 30 heavy (non-hydrogen) atoms. The van der Waals surface area contributed by atoms with Crippen LogP contribution in [0.3, 0.4) is 0 Å². The number of hydrogen-bond donors (Lipinski definition) is 2. The van der Waals surface area contributed by atoms with Gasteiger partial charge in [0, 0.05) is 24.2 Å². The molecule has 0 bridgehead atoms. The molecule has 9 nitrogen and oxygen atoms in total. The number of thiazole rings is 1. The Kier molecular flexibility index (Phi) is 7.06. The first-order valence-corrected chi connectivity index (χ1v) is 10.9. The molecule has 0 saturated heterocycles. The molecule has 3 aromatic rings. The minimum absolute atomic E-state index is 0.166. The monoisotopic (exact) mass is 446 g/mol. The molecule has 0 aliphatic rings. The summed E-state index contributed by atoms with van der Waals surface area (Å²) in [6.07, 6.45) is 1.63. The van der Waals surface area contributed by atoms with Crippen LogP contribution in [0.1, 0.15) is 36.1 Å². The lowest BCUT2D eigenvalue weighted by Crippen LogP contribution is -2.28. The average Bonchev–Trinajstić information content (AvgIpc) is 3.38. The Morgan fingerprint density at radius 3 is 2.57 bits per heavy atom. The highest BCUT2D eigenvalue weighted by Gasteiger charge is 2.22. The predicted octanol–water partition coefficient (Wildman–Crippen LogP) is 2.89. The number of anilines is 1. The van der Waals surface area contributed by atoms with E-state index in [2.05, 4.69) is 25.8 Å². The van der Waals surface area contributed by atoms with Gasteiger partial charge in [-0.3, -0.25) is 9.59 Å². The van der Waals surface area contributed by atoms with Crippen LogP contribution in [-0.2, 0) is 11.8 Å². The summed E-state index contributed by atoms with van der Waals surface area (Å²) in [6.45, 7) is 3.62. The van der Waals surface area contributed by atoms with Gasteiger partial charge in [-0.2, -0.15) is 0 Å². The zero-order valence-corrected chi connectivity index (χ0v) is 18.6. The Hall–Kier alpha value is -2.92. The van der Waals surface area contributed by atoms with E-state index in [0.717, 1.165) is 0 Å². The van der Waals surface area contributed by atoms with E-state index in [4.69, 9.17) is 4.74 Å². The molecule has 0 aliphatic heterocycles. The number of rotatable bonds is 8. The Morgan fingerprint density at radius 2 is 1.93 bits per heavy atom. The minimum atomic E-state index is -0.395. The third-order valence-corrected chi connectivity index (χ3v) is 6.09. The zero-order chi connectivity index (χ0) is 21.7. The van der Waals surface area contributed by atoms with Crippen molar-refractivity contribution in [3.8, 4) is 5.75 Å². The lowest BCUT2D eigenvalue weighted by atomic mass is 10.2. The van der Waals surface area contributed by atoms with Gasteiger partial charge in [-0.05, 0) is 38.1 Å². The molecule has 158 valence electrons. The van der Waals surface area contributed by atoms with Crippen LogP contribution in [0, 0.1) is 0 Å². The van der Waals surface area contributed by atoms with Gasteiger partial charge < -0.3 is 19.9 Å². The Morgan fingerprint density at radius 1 is 1.20 bits per heavy atom. The van der Waals surface area contributed by atoms with Gasteiger partial charge in [0.05, 0.1) is 18.4 Å². The standard InChI is InChI=1S/C19H22N6O3S2/c1-11(21-17(27)13-5-7-14(28-4)8-6-13)15-23-24-19(25(15)3)30-12(2)16(26)22-18-20-9-10-29-18/h5-12H,1-4H3,(H,21,27)(H,20,22,26)/t11-,12+/m1/s1. The molecule has 2 amide bonds. The van der Waals surface area contributed by atoms with Crippen molar-refractivity contribution in [2.24, 2.45) is 7.05 Å². The maximum absolute atomic E-state index is 12.5. The van der Waals surface area contributed by atoms with Crippen LogP contribution in [0.4, 0.5) is 5.13 Å². The zero-order valence-electron chi connectivity index (χ0n) is 16.9. The number of carbonyl (C=O) groups excluding carboxylic acids is 2. The molecule has 2 N–H and O–H groups in total. The van der Waals surface area contributed by atoms with E-state index < -0.39 is 5.25 Å². The smallest absolute Gasteiger partial charge is 0.251 e. The molecular formula is C19H22N6O3S2. The van der Waals surface area contributed by atoms with Crippen molar-refractivity contribution >= 4 is 40.0 Å². The number of aromatic nitrogens is 4. The number of ether oxygens (including phenoxy) is 1. The van der Waals surface area contributed by atoms with Crippen molar-refractivity contribution in [2.75, 3.05) is 12.4 Å². The number of nitrogens with zero attached hydrogens (tertiary/aromatic N) is 4. The van der Waals surface area contributed by atoms with Crippen LogP contribution in [0.2, 0.25) is 0 Å². The van der Waals surface area contributed by atoms with E-state index in [1.54, 1.807) is 61.5 Å². The SMILES string of the molecule is COc1ccc(C(=O)N[C@H](C)c2nnc(S[C@@H](C)C(=O)Nc3nccs3)n2C)cc1. The van der Waals surface area contributed by atoms with Gasteiger partial charge in [-0.15, -0.1) is 21.5 Å². The van der Waals surface area contributed by atoms with Crippen molar-refractivity contribution in [2.45, 2.75) is 30.3 Å². The van der Waals surface area contributed by atoms with Gasteiger partial charge in [-0.1, -0.05) is 11.8 Å². The fraction of sp³-hybridized carbons (Fsp3) is 0.316. The second kappa shape index (κ2) is 9.72. The van der Waals surface area contributed by atoms with Gasteiger partial charge in [0.2, 0.25) is 5.91 Å². The molecular weight excluding hydrogens is 424 g/mol. The van der Waals surface area contributed by atoms with Crippen LogP contribution in [0.5, 0.6) is 5.75 Å². The summed E-state index contributed by atoms with van der Waals surface area (Å²) < 4.78 is 6.88. The number of nitrogens with one attached hydrogen (secondary N) is 2. The molecule has 2 atom stereocenters. The molecule has 0 radical (unpaired) electrons. The van der Waals surface area contributed by atoms with Gasteiger partial charge in [0.1, 0.15) is 5.75 Å². The molecule has 0 unspecified atom stereocenters. The summed E-state index contributed by atoms with van der Waals surface area (Å²) in [5.74, 6) is 0.883. The Bertz CT molecular complexity index is 1000. The highest BCUT2D eigenvalue weighted by molar-refractivity contribution is 8.00. The molecule has 1 aromatic carbocycles. The topological polar surface area (TPSA) is 111 Å². The first-order chi connectivity index (χ1) is 14.4. The summed E-state index contributed by atoms with van der Waals surface area (Å²) in [4.78, 5) is 28.9. The molecule has 0 spiro atoms. The van der Waals surface area contributed by atoms with Gasteiger partial charge in [0.15, 0.2) is 16.1 Å². The third-order valence-electron chi connectivity index (χ3n) is 4.27. The summed E-state index contributed by atoms with van der Waals surface area (Å²) >= 11 is 2.64. The van der Waals surface area contributed by atoms with Crippen LogP contribution >= 0.6 is 23.1 Å². The lowest BCUT2D eigenvalue weighted by Gasteiger charge is -2.14. The number of carbonyl (C=O) groups is 2. The maximum atomic E-state index is 12.5. The number of thioether (sulfide) groups is 1. The summed E-state index contributed by atoms with van der Waals surface area (Å²) in [5.41, 5.74) is 0.520. The molecule has 3 rings (SSSR count). The average molecular weight is 447 g/mol. The normalized spacial score (nSPS) is 12.8. The molecule has 0 aliphatic carbocycles. The third kappa shape index (κ3) is 5.16. The number of methoxy groups -OCH3 is 1. The van der Waals surface area contributed by atoms with E-state index in [1.807, 2.05) is 6.92 Å².